The van der Waals surface area contributed by atoms with E-state index < -0.39 is 0 Å². The first-order valence-electron chi connectivity index (χ1n) is 7.10. The van der Waals surface area contributed by atoms with Gasteiger partial charge in [0.2, 0.25) is 5.91 Å². The molecule has 0 saturated heterocycles. The summed E-state index contributed by atoms with van der Waals surface area (Å²) in [5.41, 5.74) is 1.02. The fraction of sp³-hybridized carbons (Fsp3) is 0.562. The summed E-state index contributed by atoms with van der Waals surface area (Å²) in [6, 6.07) is 6.89. The summed E-state index contributed by atoms with van der Waals surface area (Å²) in [7, 11) is 0. The van der Waals surface area contributed by atoms with E-state index in [1.54, 1.807) is 12.1 Å². The van der Waals surface area contributed by atoms with Gasteiger partial charge in [-0.3, -0.25) is 4.79 Å². The molecular weight excluding hydrogens is 241 g/mol. The molecule has 0 bridgehead atoms. The van der Waals surface area contributed by atoms with E-state index in [4.69, 9.17) is 0 Å². The van der Waals surface area contributed by atoms with Gasteiger partial charge in [0.15, 0.2) is 0 Å². The topological polar surface area (TPSA) is 20.3 Å². The minimum Gasteiger partial charge on any atom is -0.339 e. The number of nitrogens with zero attached hydrogens (tertiary/aromatic N) is 1. The molecule has 0 heterocycles. The second-order valence-electron chi connectivity index (χ2n) is 5.80. The highest BCUT2D eigenvalue weighted by molar-refractivity contribution is 5.77. The lowest BCUT2D eigenvalue weighted by molar-refractivity contribution is -0.132. The summed E-state index contributed by atoms with van der Waals surface area (Å²) in [4.78, 5) is 14.3. The molecule has 1 aromatic carbocycles. The Morgan fingerprint density at radius 3 is 2.47 bits per heavy atom. The van der Waals surface area contributed by atoms with Gasteiger partial charge in [-0.25, -0.2) is 4.39 Å². The average molecular weight is 263 g/mol. The Kier molecular flexibility index (Phi) is 4.56. The van der Waals surface area contributed by atoms with Crippen molar-refractivity contribution in [1.82, 2.24) is 4.90 Å². The van der Waals surface area contributed by atoms with E-state index in [0.29, 0.717) is 24.8 Å². The Morgan fingerprint density at radius 2 is 1.95 bits per heavy atom. The minimum atomic E-state index is -0.227. The number of hydrogen-bond acceptors (Lipinski definition) is 1. The van der Waals surface area contributed by atoms with E-state index in [2.05, 4.69) is 13.8 Å². The van der Waals surface area contributed by atoms with E-state index in [1.165, 1.54) is 12.1 Å². The zero-order valence-corrected chi connectivity index (χ0v) is 11.7. The molecule has 0 unspecified atom stereocenters. The number of carbonyl (C=O) groups is 1. The number of amides is 1. The lowest BCUT2D eigenvalue weighted by Crippen LogP contribution is -2.36. The number of halogens is 1. The largest absolute Gasteiger partial charge is 0.339 e. The Morgan fingerprint density at radius 1 is 1.32 bits per heavy atom. The van der Waals surface area contributed by atoms with Gasteiger partial charge in [-0.15, -0.1) is 0 Å². The Labute approximate surface area is 114 Å². The van der Waals surface area contributed by atoms with Crippen molar-refractivity contribution in [2.75, 3.05) is 6.54 Å². The number of rotatable bonds is 6. The highest BCUT2D eigenvalue weighted by atomic mass is 19.1. The molecule has 1 amide bonds. The fourth-order valence-corrected chi connectivity index (χ4v) is 2.28. The van der Waals surface area contributed by atoms with E-state index in [-0.39, 0.29) is 11.7 Å². The number of carbonyl (C=O) groups excluding carboxylic acids is 1. The number of aryl methyl sites for hydroxylation is 1. The van der Waals surface area contributed by atoms with Crippen molar-refractivity contribution in [2.45, 2.75) is 45.6 Å². The second kappa shape index (κ2) is 6.18. The van der Waals surface area contributed by atoms with Gasteiger partial charge in [-0.05, 0) is 42.9 Å². The Bertz CT molecular complexity index is 423. The maximum Gasteiger partial charge on any atom is 0.223 e. The molecule has 1 saturated carbocycles. The molecule has 104 valence electrons. The SMILES string of the molecule is CC(C)CN(C(=O)CCc1ccc(F)cc1)C1CC1. The molecule has 0 aromatic heterocycles. The standard InChI is InChI=1S/C16H22FNO/c1-12(2)11-18(15-8-9-15)16(19)10-5-13-3-6-14(17)7-4-13/h3-4,6-7,12,15H,5,8-11H2,1-2H3. The first kappa shape index (κ1) is 14.0. The lowest BCUT2D eigenvalue weighted by atomic mass is 10.1. The fourth-order valence-electron chi connectivity index (χ4n) is 2.28. The molecule has 0 N–H and O–H groups in total. The van der Waals surface area contributed by atoms with Crippen molar-refractivity contribution in [3.05, 3.63) is 35.6 Å². The molecule has 3 heteroatoms. The van der Waals surface area contributed by atoms with Crippen molar-refractivity contribution >= 4 is 5.91 Å². The third kappa shape index (κ3) is 4.34. The average Bonchev–Trinajstić information content (AvgIpc) is 3.19. The summed E-state index contributed by atoms with van der Waals surface area (Å²) in [5, 5.41) is 0. The zero-order valence-electron chi connectivity index (χ0n) is 11.7. The summed E-state index contributed by atoms with van der Waals surface area (Å²) >= 11 is 0. The molecule has 0 atom stereocenters. The van der Waals surface area contributed by atoms with Crippen LogP contribution < -0.4 is 0 Å². The lowest BCUT2D eigenvalue weighted by Gasteiger charge is -2.24. The van der Waals surface area contributed by atoms with Crippen LogP contribution in [0.15, 0.2) is 24.3 Å². The third-order valence-corrected chi connectivity index (χ3v) is 3.41. The molecule has 1 fully saturated rings. The Hall–Kier alpha value is -1.38. The highest BCUT2D eigenvalue weighted by Gasteiger charge is 2.32. The maximum atomic E-state index is 12.8. The number of hydrogen-bond donors (Lipinski definition) is 0. The van der Waals surface area contributed by atoms with Gasteiger partial charge in [-0.2, -0.15) is 0 Å². The molecular formula is C16H22FNO. The first-order chi connectivity index (χ1) is 9.06. The van der Waals surface area contributed by atoms with Crippen molar-refractivity contribution in [3.8, 4) is 0 Å². The van der Waals surface area contributed by atoms with Crippen molar-refractivity contribution in [1.29, 1.82) is 0 Å². The molecule has 1 aromatic rings. The predicted octanol–water partition coefficient (Wildman–Crippen LogP) is 3.41. The van der Waals surface area contributed by atoms with Crippen LogP contribution >= 0.6 is 0 Å². The van der Waals surface area contributed by atoms with Crippen LogP contribution in [0.1, 0.15) is 38.7 Å². The van der Waals surface area contributed by atoms with Gasteiger partial charge < -0.3 is 4.90 Å². The summed E-state index contributed by atoms with van der Waals surface area (Å²) < 4.78 is 12.8. The van der Waals surface area contributed by atoms with Crippen LogP contribution in [-0.2, 0) is 11.2 Å². The molecule has 0 spiro atoms. The smallest absolute Gasteiger partial charge is 0.223 e. The van der Waals surface area contributed by atoms with Crippen LogP contribution in [0, 0.1) is 11.7 Å². The van der Waals surface area contributed by atoms with Crippen LogP contribution in [0.2, 0.25) is 0 Å². The quantitative estimate of drug-likeness (QED) is 0.770. The van der Waals surface area contributed by atoms with E-state index >= 15 is 0 Å². The Balaban J connectivity index is 1.86. The van der Waals surface area contributed by atoms with Crippen LogP contribution in [0.4, 0.5) is 4.39 Å². The second-order valence-corrected chi connectivity index (χ2v) is 5.80. The van der Waals surface area contributed by atoms with Crippen LogP contribution in [0.5, 0.6) is 0 Å². The van der Waals surface area contributed by atoms with Crippen molar-refractivity contribution in [3.63, 3.8) is 0 Å². The molecule has 1 aliphatic carbocycles. The molecule has 0 aliphatic heterocycles. The van der Waals surface area contributed by atoms with E-state index in [0.717, 1.165) is 24.9 Å². The predicted molar refractivity (Wildman–Crippen MR) is 74.3 cm³/mol. The molecule has 19 heavy (non-hydrogen) atoms. The van der Waals surface area contributed by atoms with Crippen LogP contribution in [0.3, 0.4) is 0 Å². The van der Waals surface area contributed by atoms with Gasteiger partial charge in [0.1, 0.15) is 5.82 Å². The zero-order chi connectivity index (χ0) is 13.8. The molecule has 1 aliphatic rings. The maximum absolute atomic E-state index is 12.8. The minimum absolute atomic E-state index is 0.227. The van der Waals surface area contributed by atoms with Crippen molar-refractivity contribution in [2.24, 2.45) is 5.92 Å². The molecule has 2 rings (SSSR count). The third-order valence-electron chi connectivity index (χ3n) is 3.41. The summed E-state index contributed by atoms with van der Waals surface area (Å²) in [6.45, 7) is 5.14. The number of benzene rings is 1. The monoisotopic (exact) mass is 263 g/mol. The van der Waals surface area contributed by atoms with Crippen LogP contribution in [0.25, 0.3) is 0 Å². The van der Waals surface area contributed by atoms with E-state index in [1.807, 2.05) is 4.90 Å². The summed E-state index contributed by atoms with van der Waals surface area (Å²) in [5.74, 6) is 0.519. The normalized spacial score (nSPS) is 14.7. The first-order valence-corrected chi connectivity index (χ1v) is 7.10. The van der Waals surface area contributed by atoms with Gasteiger partial charge in [0.05, 0.1) is 0 Å². The van der Waals surface area contributed by atoms with Crippen LogP contribution in [-0.4, -0.2) is 23.4 Å². The molecule has 0 radical (unpaired) electrons. The molecule has 2 nitrogen and oxygen atoms in total. The summed E-state index contributed by atoms with van der Waals surface area (Å²) in [6.07, 6.45) is 3.51. The van der Waals surface area contributed by atoms with Gasteiger partial charge >= 0.3 is 0 Å². The van der Waals surface area contributed by atoms with Gasteiger partial charge in [0, 0.05) is 19.0 Å². The van der Waals surface area contributed by atoms with Crippen molar-refractivity contribution < 1.29 is 9.18 Å². The van der Waals surface area contributed by atoms with Gasteiger partial charge in [-0.1, -0.05) is 26.0 Å². The van der Waals surface area contributed by atoms with Gasteiger partial charge in [0.25, 0.3) is 0 Å². The van der Waals surface area contributed by atoms with E-state index in [9.17, 15) is 9.18 Å². The highest BCUT2D eigenvalue weighted by Crippen LogP contribution is 2.28.